The standard InChI is InChI=1S/C16H25N3O/c1-4-18(5-2)10-11-19-15-9-7-6-8-14(15)12-17-13(3)16(19)20/h6-9,13,17H,4-5,10-12H2,1-3H3/t13-/m0/s1. The molecule has 1 N–H and O–H groups in total. The van der Waals surface area contributed by atoms with Crippen LogP contribution in [0.15, 0.2) is 24.3 Å². The van der Waals surface area contributed by atoms with Gasteiger partial charge in [0.1, 0.15) is 0 Å². The van der Waals surface area contributed by atoms with Crippen LogP contribution in [0.25, 0.3) is 0 Å². The van der Waals surface area contributed by atoms with Gasteiger partial charge in [-0.05, 0) is 31.6 Å². The van der Waals surface area contributed by atoms with E-state index in [1.807, 2.05) is 24.0 Å². The summed E-state index contributed by atoms with van der Waals surface area (Å²) in [7, 11) is 0. The molecule has 4 heteroatoms. The fourth-order valence-electron chi connectivity index (χ4n) is 2.64. The van der Waals surface area contributed by atoms with E-state index in [-0.39, 0.29) is 11.9 Å². The lowest BCUT2D eigenvalue weighted by atomic mass is 10.1. The van der Waals surface area contributed by atoms with Gasteiger partial charge in [0.2, 0.25) is 5.91 Å². The largest absolute Gasteiger partial charge is 0.309 e. The normalized spacial score (nSPS) is 19.1. The van der Waals surface area contributed by atoms with Gasteiger partial charge in [-0.2, -0.15) is 0 Å². The van der Waals surface area contributed by atoms with Crippen molar-refractivity contribution in [3.63, 3.8) is 0 Å². The van der Waals surface area contributed by atoms with Crippen LogP contribution >= 0.6 is 0 Å². The third kappa shape index (κ3) is 3.19. The molecule has 1 atom stereocenters. The number of fused-ring (bicyclic) bond motifs is 1. The van der Waals surface area contributed by atoms with Crippen molar-refractivity contribution in [2.45, 2.75) is 33.4 Å². The molecule has 0 bridgehead atoms. The fraction of sp³-hybridized carbons (Fsp3) is 0.562. The second kappa shape index (κ2) is 6.86. The van der Waals surface area contributed by atoms with E-state index in [9.17, 15) is 4.79 Å². The molecular formula is C16H25N3O. The van der Waals surface area contributed by atoms with Crippen molar-refractivity contribution in [3.8, 4) is 0 Å². The third-order valence-electron chi connectivity index (χ3n) is 4.05. The second-order valence-corrected chi connectivity index (χ2v) is 5.25. The smallest absolute Gasteiger partial charge is 0.243 e. The Kier molecular flexibility index (Phi) is 5.15. The first-order valence-corrected chi connectivity index (χ1v) is 7.52. The highest BCUT2D eigenvalue weighted by molar-refractivity contribution is 5.98. The molecule has 0 aliphatic carbocycles. The van der Waals surface area contributed by atoms with Crippen molar-refractivity contribution < 1.29 is 4.79 Å². The minimum Gasteiger partial charge on any atom is -0.309 e. The van der Waals surface area contributed by atoms with E-state index in [0.717, 1.165) is 38.4 Å². The Labute approximate surface area is 121 Å². The van der Waals surface area contributed by atoms with Crippen LogP contribution in [0.5, 0.6) is 0 Å². The molecule has 4 nitrogen and oxygen atoms in total. The van der Waals surface area contributed by atoms with Gasteiger partial charge in [-0.3, -0.25) is 4.79 Å². The van der Waals surface area contributed by atoms with Crippen LogP contribution in [-0.4, -0.2) is 43.0 Å². The quantitative estimate of drug-likeness (QED) is 0.891. The molecule has 0 radical (unpaired) electrons. The zero-order chi connectivity index (χ0) is 14.5. The van der Waals surface area contributed by atoms with Gasteiger partial charge in [-0.25, -0.2) is 0 Å². The van der Waals surface area contributed by atoms with Crippen molar-refractivity contribution in [2.75, 3.05) is 31.1 Å². The van der Waals surface area contributed by atoms with Gasteiger partial charge in [0.05, 0.1) is 6.04 Å². The summed E-state index contributed by atoms with van der Waals surface area (Å²) in [5.74, 6) is 0.169. The Balaban J connectivity index is 2.20. The molecule has 1 aromatic carbocycles. The van der Waals surface area contributed by atoms with E-state index in [2.05, 4.69) is 36.2 Å². The second-order valence-electron chi connectivity index (χ2n) is 5.25. The number of hydrogen-bond acceptors (Lipinski definition) is 3. The van der Waals surface area contributed by atoms with Crippen LogP contribution in [0, 0.1) is 0 Å². The maximum Gasteiger partial charge on any atom is 0.243 e. The molecule has 20 heavy (non-hydrogen) atoms. The SMILES string of the molecule is CCN(CC)CCN1C(=O)[C@H](C)NCc2ccccc21. The lowest BCUT2D eigenvalue weighted by molar-refractivity contribution is -0.120. The number of carbonyl (C=O) groups is 1. The van der Waals surface area contributed by atoms with Gasteiger partial charge < -0.3 is 15.1 Å². The average molecular weight is 275 g/mol. The number of carbonyl (C=O) groups excluding carboxylic acids is 1. The highest BCUT2D eigenvalue weighted by Crippen LogP contribution is 2.23. The number of para-hydroxylation sites is 1. The van der Waals surface area contributed by atoms with Crippen LogP contribution in [0.3, 0.4) is 0 Å². The van der Waals surface area contributed by atoms with Gasteiger partial charge in [-0.15, -0.1) is 0 Å². The monoisotopic (exact) mass is 275 g/mol. The van der Waals surface area contributed by atoms with E-state index in [4.69, 9.17) is 0 Å². The summed E-state index contributed by atoms with van der Waals surface area (Å²) in [6, 6.07) is 8.06. The molecule has 0 fully saturated rings. The van der Waals surface area contributed by atoms with Gasteiger partial charge in [-0.1, -0.05) is 32.0 Å². The van der Waals surface area contributed by atoms with E-state index in [1.165, 1.54) is 5.56 Å². The molecular weight excluding hydrogens is 250 g/mol. The number of rotatable bonds is 5. The number of amides is 1. The topological polar surface area (TPSA) is 35.6 Å². The molecule has 0 spiro atoms. The Hall–Kier alpha value is -1.39. The van der Waals surface area contributed by atoms with Gasteiger partial charge in [0, 0.05) is 25.3 Å². The van der Waals surface area contributed by atoms with Gasteiger partial charge in [0.25, 0.3) is 0 Å². The third-order valence-corrected chi connectivity index (χ3v) is 4.05. The number of nitrogens with zero attached hydrogens (tertiary/aromatic N) is 2. The van der Waals surface area contributed by atoms with Crippen LogP contribution in [0.4, 0.5) is 5.69 Å². The van der Waals surface area contributed by atoms with Crippen LogP contribution in [0.2, 0.25) is 0 Å². The molecule has 0 unspecified atom stereocenters. The molecule has 2 rings (SSSR count). The molecule has 1 aliphatic rings. The van der Waals surface area contributed by atoms with Crippen molar-refractivity contribution in [1.29, 1.82) is 0 Å². The van der Waals surface area contributed by atoms with E-state index >= 15 is 0 Å². The molecule has 0 saturated heterocycles. The van der Waals surface area contributed by atoms with Crippen LogP contribution in [0.1, 0.15) is 26.3 Å². The van der Waals surface area contributed by atoms with Crippen LogP contribution in [-0.2, 0) is 11.3 Å². The van der Waals surface area contributed by atoms with Crippen molar-refractivity contribution >= 4 is 11.6 Å². The molecule has 1 heterocycles. The summed E-state index contributed by atoms with van der Waals surface area (Å²) in [5, 5.41) is 3.29. The van der Waals surface area contributed by atoms with Gasteiger partial charge in [0.15, 0.2) is 0 Å². The molecule has 1 amide bonds. The highest BCUT2D eigenvalue weighted by Gasteiger charge is 2.26. The molecule has 110 valence electrons. The molecule has 1 aliphatic heterocycles. The van der Waals surface area contributed by atoms with Crippen molar-refractivity contribution in [2.24, 2.45) is 0 Å². The maximum atomic E-state index is 12.5. The zero-order valence-corrected chi connectivity index (χ0v) is 12.7. The number of anilines is 1. The minimum absolute atomic E-state index is 0.126. The van der Waals surface area contributed by atoms with Crippen LogP contribution < -0.4 is 10.2 Å². The summed E-state index contributed by atoms with van der Waals surface area (Å²) in [6.07, 6.45) is 0. The number of nitrogens with one attached hydrogen (secondary N) is 1. The zero-order valence-electron chi connectivity index (χ0n) is 12.7. The predicted molar refractivity (Wildman–Crippen MR) is 82.9 cm³/mol. The van der Waals surface area contributed by atoms with E-state index in [0.29, 0.717) is 0 Å². The fourth-order valence-corrected chi connectivity index (χ4v) is 2.64. The summed E-state index contributed by atoms with van der Waals surface area (Å²) < 4.78 is 0. The van der Waals surface area contributed by atoms with E-state index < -0.39 is 0 Å². The first-order valence-electron chi connectivity index (χ1n) is 7.52. The summed E-state index contributed by atoms with van der Waals surface area (Å²) in [6.45, 7) is 10.7. The summed E-state index contributed by atoms with van der Waals surface area (Å²) in [5.41, 5.74) is 2.26. The maximum absolute atomic E-state index is 12.5. The molecule has 1 aromatic rings. The summed E-state index contributed by atoms with van der Waals surface area (Å²) >= 11 is 0. The predicted octanol–water partition coefficient (Wildman–Crippen LogP) is 1.85. The Morgan fingerprint density at radius 3 is 2.70 bits per heavy atom. The first kappa shape index (κ1) is 15.0. The Bertz CT molecular complexity index is 457. The summed E-state index contributed by atoms with van der Waals surface area (Å²) in [4.78, 5) is 16.8. The van der Waals surface area contributed by atoms with Crippen molar-refractivity contribution in [1.82, 2.24) is 10.2 Å². The molecule has 0 saturated carbocycles. The number of likely N-dealkylation sites (N-methyl/N-ethyl adjacent to an activating group) is 1. The highest BCUT2D eigenvalue weighted by atomic mass is 16.2. The van der Waals surface area contributed by atoms with Crippen molar-refractivity contribution in [3.05, 3.63) is 29.8 Å². The molecule has 0 aromatic heterocycles. The van der Waals surface area contributed by atoms with Gasteiger partial charge >= 0.3 is 0 Å². The first-order chi connectivity index (χ1) is 9.67. The number of benzene rings is 1. The van der Waals surface area contributed by atoms with E-state index in [1.54, 1.807) is 0 Å². The Morgan fingerprint density at radius 1 is 1.30 bits per heavy atom. The Morgan fingerprint density at radius 2 is 2.00 bits per heavy atom. The minimum atomic E-state index is -0.126. The number of hydrogen-bond donors (Lipinski definition) is 1. The lowest BCUT2D eigenvalue weighted by Gasteiger charge is -2.27. The lowest BCUT2D eigenvalue weighted by Crippen LogP contribution is -2.45. The average Bonchev–Trinajstić information content (AvgIpc) is 2.60.